The number of rotatable bonds is 4. The van der Waals surface area contributed by atoms with Crippen LogP contribution in [0.25, 0.3) is 0 Å². The summed E-state index contributed by atoms with van der Waals surface area (Å²) in [5.74, 6) is 1.82. The maximum atomic E-state index is 6.22. The molecule has 0 bridgehead atoms. The molecular weight excluding hydrogens is 304 g/mol. The molecule has 4 rings (SSSR count). The molecule has 0 saturated carbocycles. The smallest absolute Gasteiger partial charge is 0.133 e. The van der Waals surface area contributed by atoms with Crippen molar-refractivity contribution in [3.8, 4) is 0 Å². The van der Waals surface area contributed by atoms with Gasteiger partial charge in [-0.25, -0.2) is 4.98 Å². The Morgan fingerprint density at radius 1 is 1.42 bits per heavy atom. The van der Waals surface area contributed by atoms with E-state index in [0.717, 1.165) is 62.8 Å². The van der Waals surface area contributed by atoms with Crippen LogP contribution in [0, 0.1) is 6.92 Å². The van der Waals surface area contributed by atoms with Crippen molar-refractivity contribution in [3.63, 3.8) is 0 Å². The minimum Gasteiger partial charge on any atom is -0.373 e. The zero-order chi connectivity index (χ0) is 16.4. The van der Waals surface area contributed by atoms with E-state index in [1.54, 1.807) is 0 Å². The van der Waals surface area contributed by atoms with Crippen molar-refractivity contribution in [1.82, 2.24) is 15.0 Å². The Morgan fingerprint density at radius 3 is 3.17 bits per heavy atom. The molecule has 2 aliphatic heterocycles. The molecule has 2 atom stereocenters. The van der Waals surface area contributed by atoms with E-state index >= 15 is 0 Å². The average molecular weight is 328 g/mol. The molecule has 1 N–H and O–H groups in total. The average Bonchev–Trinajstić information content (AvgIpc) is 3.15. The fraction of sp³-hybridized carbons (Fsp3) is 0.556. The second kappa shape index (κ2) is 6.53. The van der Waals surface area contributed by atoms with Crippen LogP contribution in [0.15, 0.2) is 35.0 Å². The summed E-state index contributed by atoms with van der Waals surface area (Å²) in [6, 6.07) is 8.41. The van der Waals surface area contributed by atoms with Crippen LogP contribution in [0.1, 0.15) is 30.7 Å². The lowest BCUT2D eigenvalue weighted by Gasteiger charge is -2.38. The lowest BCUT2D eigenvalue weighted by atomic mass is 9.89. The van der Waals surface area contributed by atoms with E-state index < -0.39 is 0 Å². The molecule has 1 spiro atoms. The van der Waals surface area contributed by atoms with Gasteiger partial charge < -0.3 is 14.6 Å². The van der Waals surface area contributed by atoms with Gasteiger partial charge in [-0.05, 0) is 38.3 Å². The van der Waals surface area contributed by atoms with E-state index in [4.69, 9.17) is 9.26 Å². The highest BCUT2D eigenvalue weighted by Crippen LogP contribution is 2.35. The maximum absolute atomic E-state index is 6.22. The second-order valence-corrected chi connectivity index (χ2v) is 6.97. The second-order valence-electron chi connectivity index (χ2n) is 6.97. The summed E-state index contributed by atoms with van der Waals surface area (Å²) < 4.78 is 11.4. The predicted octanol–water partition coefficient (Wildman–Crippen LogP) is 2.61. The van der Waals surface area contributed by atoms with E-state index in [9.17, 15) is 0 Å². The van der Waals surface area contributed by atoms with Gasteiger partial charge in [-0.15, -0.1) is 0 Å². The first-order valence-corrected chi connectivity index (χ1v) is 8.67. The van der Waals surface area contributed by atoms with Crippen molar-refractivity contribution in [3.05, 3.63) is 41.9 Å². The Kier molecular flexibility index (Phi) is 4.24. The van der Waals surface area contributed by atoms with Gasteiger partial charge in [0.15, 0.2) is 0 Å². The molecule has 4 heterocycles. The molecule has 0 unspecified atom stereocenters. The number of nitrogens with zero attached hydrogens (tertiary/aromatic N) is 3. The van der Waals surface area contributed by atoms with Crippen LogP contribution in [0.4, 0.5) is 5.82 Å². The van der Waals surface area contributed by atoms with E-state index in [1.165, 1.54) is 0 Å². The Bertz CT molecular complexity index is 675. The summed E-state index contributed by atoms with van der Waals surface area (Å²) in [4.78, 5) is 6.80. The number of hydrogen-bond donors (Lipinski definition) is 1. The Labute approximate surface area is 142 Å². The van der Waals surface area contributed by atoms with E-state index in [2.05, 4.69) is 20.4 Å². The number of ether oxygens (including phenoxy) is 1. The van der Waals surface area contributed by atoms with Crippen LogP contribution in [0.3, 0.4) is 0 Å². The summed E-state index contributed by atoms with van der Waals surface area (Å²) in [6.45, 7) is 5.57. The Hall–Kier alpha value is -1.92. The van der Waals surface area contributed by atoms with Gasteiger partial charge in [-0.1, -0.05) is 11.2 Å². The number of likely N-dealkylation sites (tertiary alicyclic amines) is 1. The first kappa shape index (κ1) is 15.6. The zero-order valence-electron chi connectivity index (χ0n) is 14.1. The topological polar surface area (TPSA) is 63.4 Å². The van der Waals surface area contributed by atoms with Crippen molar-refractivity contribution >= 4 is 5.82 Å². The molecule has 2 aromatic heterocycles. The third-order valence-electron chi connectivity index (χ3n) is 4.97. The molecule has 0 aliphatic carbocycles. The molecule has 0 amide bonds. The molecule has 24 heavy (non-hydrogen) atoms. The third kappa shape index (κ3) is 3.44. The van der Waals surface area contributed by atoms with Crippen molar-refractivity contribution in [2.75, 3.05) is 25.0 Å². The van der Waals surface area contributed by atoms with Crippen LogP contribution >= 0.6 is 0 Å². The van der Waals surface area contributed by atoms with Crippen LogP contribution in [-0.2, 0) is 11.3 Å². The molecule has 2 fully saturated rings. The number of nitrogens with one attached hydrogen (secondary N) is 1. The highest BCUT2D eigenvalue weighted by molar-refractivity contribution is 5.34. The van der Waals surface area contributed by atoms with E-state index in [0.29, 0.717) is 6.04 Å². The van der Waals surface area contributed by atoms with E-state index in [-0.39, 0.29) is 5.60 Å². The van der Waals surface area contributed by atoms with Gasteiger partial charge in [-0.3, -0.25) is 4.90 Å². The van der Waals surface area contributed by atoms with Gasteiger partial charge >= 0.3 is 0 Å². The van der Waals surface area contributed by atoms with Gasteiger partial charge in [0.2, 0.25) is 0 Å². The van der Waals surface area contributed by atoms with Crippen LogP contribution in [0.5, 0.6) is 0 Å². The summed E-state index contributed by atoms with van der Waals surface area (Å²) in [5, 5.41) is 7.67. The number of anilines is 1. The number of pyridine rings is 1. The maximum Gasteiger partial charge on any atom is 0.133 e. The number of aromatic nitrogens is 2. The van der Waals surface area contributed by atoms with Crippen molar-refractivity contribution in [2.45, 2.75) is 44.4 Å². The summed E-state index contributed by atoms with van der Waals surface area (Å²) in [6.07, 6.45) is 4.96. The highest BCUT2D eigenvalue weighted by Gasteiger charge is 2.43. The minimum absolute atomic E-state index is 0.0382. The lowest BCUT2D eigenvalue weighted by molar-refractivity contribution is -0.0737. The molecule has 0 radical (unpaired) electrons. The molecule has 2 aromatic rings. The molecule has 6 heteroatoms. The van der Waals surface area contributed by atoms with Crippen LogP contribution in [-0.4, -0.2) is 46.4 Å². The van der Waals surface area contributed by atoms with Crippen molar-refractivity contribution in [1.29, 1.82) is 0 Å². The normalized spacial score (nSPS) is 27.6. The first-order chi connectivity index (χ1) is 11.7. The molecule has 6 nitrogen and oxygen atoms in total. The number of aryl methyl sites for hydroxylation is 1. The van der Waals surface area contributed by atoms with Gasteiger partial charge in [0, 0.05) is 44.5 Å². The molecule has 0 aromatic carbocycles. The molecular formula is C18H24N4O2. The highest BCUT2D eigenvalue weighted by atomic mass is 16.5. The lowest BCUT2D eigenvalue weighted by Crippen LogP contribution is -2.46. The van der Waals surface area contributed by atoms with Crippen LogP contribution < -0.4 is 5.32 Å². The minimum atomic E-state index is -0.0382. The molecule has 2 saturated heterocycles. The summed E-state index contributed by atoms with van der Waals surface area (Å²) in [5.41, 5.74) is 0.965. The predicted molar refractivity (Wildman–Crippen MR) is 90.7 cm³/mol. The quantitative estimate of drug-likeness (QED) is 0.931. The van der Waals surface area contributed by atoms with Crippen LogP contribution in [0.2, 0.25) is 0 Å². The standard InChI is InChI=1S/C18H24N4O2/c1-14-10-16(21-24-14)12-22-8-6-18(13-22)11-15(5-9-23-18)20-17-4-2-3-7-19-17/h2-4,7,10,15H,5-6,8-9,11-13H2,1H3,(H,19,20)/t15-,18-/m0/s1. The van der Waals surface area contributed by atoms with E-state index in [1.807, 2.05) is 37.4 Å². The first-order valence-electron chi connectivity index (χ1n) is 8.67. The fourth-order valence-corrected chi connectivity index (χ4v) is 3.88. The van der Waals surface area contributed by atoms with Gasteiger partial charge in [-0.2, -0.15) is 0 Å². The van der Waals surface area contributed by atoms with Crippen molar-refractivity contribution < 1.29 is 9.26 Å². The molecule has 128 valence electrons. The fourth-order valence-electron chi connectivity index (χ4n) is 3.88. The van der Waals surface area contributed by atoms with Gasteiger partial charge in [0.05, 0.1) is 11.3 Å². The summed E-state index contributed by atoms with van der Waals surface area (Å²) in [7, 11) is 0. The largest absolute Gasteiger partial charge is 0.373 e. The number of hydrogen-bond acceptors (Lipinski definition) is 6. The van der Waals surface area contributed by atoms with Gasteiger partial charge in [0.1, 0.15) is 11.6 Å². The summed E-state index contributed by atoms with van der Waals surface area (Å²) >= 11 is 0. The zero-order valence-corrected chi connectivity index (χ0v) is 14.1. The Morgan fingerprint density at radius 2 is 2.38 bits per heavy atom. The van der Waals surface area contributed by atoms with Gasteiger partial charge in [0.25, 0.3) is 0 Å². The SMILES string of the molecule is Cc1cc(CN2CC[C@]3(C[C@@H](Nc4ccccn4)CCO3)C2)no1. The van der Waals surface area contributed by atoms with Crippen molar-refractivity contribution in [2.24, 2.45) is 0 Å². The third-order valence-corrected chi connectivity index (χ3v) is 4.97. The Balaban J connectivity index is 1.36. The monoisotopic (exact) mass is 328 g/mol. The molecule has 2 aliphatic rings.